The van der Waals surface area contributed by atoms with E-state index >= 15 is 0 Å². The molecule has 1 unspecified atom stereocenters. The number of aryl methyl sites for hydroxylation is 2. The molecule has 4 heterocycles. The molecule has 7 heteroatoms. The zero-order valence-corrected chi connectivity index (χ0v) is 27.0. The maximum absolute atomic E-state index is 12.9. The fourth-order valence-electron chi connectivity index (χ4n) is 7.11. The first kappa shape index (κ1) is 30.2. The van der Waals surface area contributed by atoms with Gasteiger partial charge in [-0.1, -0.05) is 55.3 Å². The molecule has 7 rings (SSSR count). The van der Waals surface area contributed by atoms with Crippen molar-refractivity contribution in [2.24, 2.45) is 0 Å². The van der Waals surface area contributed by atoms with Crippen LogP contribution in [-0.2, 0) is 16.0 Å². The average molecular weight is 616 g/mol. The van der Waals surface area contributed by atoms with Gasteiger partial charge in [0.05, 0.1) is 23.6 Å². The summed E-state index contributed by atoms with van der Waals surface area (Å²) in [5.74, 6) is 0.212. The van der Waals surface area contributed by atoms with Crippen molar-refractivity contribution in [3.8, 4) is 39.4 Å². The van der Waals surface area contributed by atoms with Gasteiger partial charge in [-0.25, -0.2) is 14.3 Å². The second kappa shape index (κ2) is 12.0. The van der Waals surface area contributed by atoms with E-state index in [0.717, 1.165) is 66.7 Å². The van der Waals surface area contributed by atoms with Gasteiger partial charge in [-0.05, 0) is 106 Å². The Morgan fingerprint density at radius 3 is 2.61 bits per heavy atom. The molecule has 0 spiro atoms. The Labute approximate surface area is 270 Å². The molecule has 0 saturated carbocycles. The maximum atomic E-state index is 12.9. The molecule has 6 bridgehead atoms. The topological polar surface area (TPSA) is 86.0 Å². The molecule has 1 N–H and O–H groups in total. The summed E-state index contributed by atoms with van der Waals surface area (Å²) in [4.78, 5) is 17.8. The van der Waals surface area contributed by atoms with Crippen molar-refractivity contribution >= 4 is 11.6 Å². The monoisotopic (exact) mass is 615 g/mol. The van der Waals surface area contributed by atoms with Crippen molar-refractivity contribution in [3.05, 3.63) is 95.2 Å². The van der Waals surface area contributed by atoms with E-state index in [0.29, 0.717) is 35.1 Å². The lowest BCUT2D eigenvalue weighted by molar-refractivity contribution is -0.160. The number of ether oxygens (including phenoxy) is 2. The normalized spacial score (nSPS) is 17.1. The lowest BCUT2D eigenvalue weighted by atomic mass is 9.86. The summed E-state index contributed by atoms with van der Waals surface area (Å²) in [6.07, 6.45) is 5.28. The molecular formula is C39H41N3O4. The van der Waals surface area contributed by atoms with Crippen LogP contribution in [0.5, 0.6) is 5.75 Å². The van der Waals surface area contributed by atoms with Crippen molar-refractivity contribution < 1.29 is 19.4 Å². The van der Waals surface area contributed by atoms with E-state index in [1.54, 1.807) is 0 Å². The molecule has 0 fully saturated rings. The first-order valence-corrected chi connectivity index (χ1v) is 16.4. The fourth-order valence-corrected chi connectivity index (χ4v) is 7.11. The quantitative estimate of drug-likeness (QED) is 0.218. The van der Waals surface area contributed by atoms with Crippen LogP contribution in [0.15, 0.2) is 72.8 Å². The Morgan fingerprint density at radius 2 is 1.78 bits per heavy atom. The lowest BCUT2D eigenvalue weighted by Gasteiger charge is -2.29. The van der Waals surface area contributed by atoms with E-state index in [9.17, 15) is 9.90 Å². The molecule has 2 aliphatic heterocycles. The molecule has 3 aromatic carbocycles. The van der Waals surface area contributed by atoms with Crippen molar-refractivity contribution in [3.63, 3.8) is 0 Å². The van der Waals surface area contributed by atoms with E-state index in [2.05, 4.69) is 54.6 Å². The number of carbonyl (C=O) groups is 1. The second-order valence-electron chi connectivity index (χ2n) is 13.6. The Balaban J connectivity index is 1.50. The zero-order valence-electron chi connectivity index (χ0n) is 27.0. The number of nitrogens with zero attached hydrogens (tertiary/aromatic N) is 3. The number of benzene rings is 3. The summed E-state index contributed by atoms with van der Waals surface area (Å²) in [5, 5.41) is 15.7. The number of carboxylic acid groups (broad SMARTS) is 1. The molecule has 2 atom stereocenters. The highest BCUT2D eigenvalue weighted by molar-refractivity contribution is 5.82. The largest absolute Gasteiger partial charge is 0.493 e. The van der Waals surface area contributed by atoms with Crippen molar-refractivity contribution in [1.82, 2.24) is 14.6 Å². The fraction of sp³-hybridized carbons (Fsp3) is 0.359. The molecule has 46 heavy (non-hydrogen) atoms. The summed E-state index contributed by atoms with van der Waals surface area (Å²) >= 11 is 0. The highest BCUT2D eigenvalue weighted by Gasteiger charge is 2.34. The van der Waals surface area contributed by atoms with Crippen LogP contribution in [0, 0.1) is 6.92 Å². The highest BCUT2D eigenvalue weighted by Crippen LogP contribution is 2.42. The third kappa shape index (κ3) is 5.80. The lowest BCUT2D eigenvalue weighted by Crippen LogP contribution is -2.29. The first-order chi connectivity index (χ1) is 22.2. The summed E-state index contributed by atoms with van der Waals surface area (Å²) in [6, 6.07) is 25.4. The minimum absolute atomic E-state index is 0.367. The smallest absolute Gasteiger partial charge is 0.337 e. The predicted molar refractivity (Wildman–Crippen MR) is 180 cm³/mol. The number of fused-ring (bicyclic) bond motifs is 8. The van der Waals surface area contributed by atoms with Gasteiger partial charge in [0, 0.05) is 28.5 Å². The Morgan fingerprint density at radius 1 is 0.957 bits per heavy atom. The first-order valence-electron chi connectivity index (χ1n) is 16.4. The average Bonchev–Trinajstić information content (AvgIpc) is 3.46. The van der Waals surface area contributed by atoms with Gasteiger partial charge in [-0.2, -0.15) is 5.10 Å². The number of aromatic nitrogens is 3. The number of carboxylic acids is 1. The summed E-state index contributed by atoms with van der Waals surface area (Å²) in [7, 11) is 0. The molecule has 0 aliphatic carbocycles. The number of hydrogen-bond donors (Lipinski definition) is 1. The van der Waals surface area contributed by atoms with Crippen molar-refractivity contribution in [2.75, 3.05) is 6.61 Å². The number of hydrogen-bond acceptors (Lipinski definition) is 5. The molecule has 236 valence electrons. The van der Waals surface area contributed by atoms with E-state index in [1.807, 2.05) is 50.4 Å². The molecule has 7 nitrogen and oxygen atoms in total. The third-order valence-electron chi connectivity index (χ3n) is 9.22. The zero-order chi connectivity index (χ0) is 32.0. The van der Waals surface area contributed by atoms with Gasteiger partial charge >= 0.3 is 5.97 Å². The molecule has 5 aromatic rings. The van der Waals surface area contributed by atoms with E-state index < -0.39 is 17.7 Å². The van der Waals surface area contributed by atoms with Gasteiger partial charge in [0.25, 0.3) is 0 Å². The molecular weight excluding hydrogens is 574 g/mol. The molecule has 2 aliphatic rings. The number of rotatable bonds is 3. The van der Waals surface area contributed by atoms with Gasteiger partial charge in [0.15, 0.2) is 11.8 Å². The van der Waals surface area contributed by atoms with Gasteiger partial charge in [0.2, 0.25) is 0 Å². The van der Waals surface area contributed by atoms with Crippen LogP contribution >= 0.6 is 0 Å². The second-order valence-corrected chi connectivity index (χ2v) is 13.6. The SMILES string of the molecule is Cc1nc2cc3nn2c(c1[C@H](OC(C)(C)C)C(=O)O)-c1ccc2c(c1)C(CCCCCc1ccccc1-c1cccc-3c1)CCO2. The van der Waals surface area contributed by atoms with Gasteiger partial charge in [-0.3, -0.25) is 0 Å². The molecule has 0 radical (unpaired) electrons. The van der Waals surface area contributed by atoms with Gasteiger partial charge in [-0.15, -0.1) is 0 Å². The summed E-state index contributed by atoms with van der Waals surface area (Å²) < 4.78 is 14.2. The van der Waals surface area contributed by atoms with E-state index in [-0.39, 0.29) is 0 Å². The predicted octanol–water partition coefficient (Wildman–Crippen LogP) is 8.96. The van der Waals surface area contributed by atoms with Crippen LogP contribution in [0.3, 0.4) is 0 Å². The van der Waals surface area contributed by atoms with Gasteiger partial charge < -0.3 is 14.6 Å². The van der Waals surface area contributed by atoms with Crippen LogP contribution in [0.2, 0.25) is 0 Å². The highest BCUT2D eigenvalue weighted by atomic mass is 16.5. The third-order valence-corrected chi connectivity index (χ3v) is 9.22. The van der Waals surface area contributed by atoms with E-state index in [4.69, 9.17) is 19.6 Å². The van der Waals surface area contributed by atoms with Crippen molar-refractivity contribution in [1.29, 1.82) is 0 Å². The minimum Gasteiger partial charge on any atom is -0.493 e. The number of aliphatic carboxylic acids is 1. The molecule has 0 saturated heterocycles. The Kier molecular flexibility index (Phi) is 7.89. The molecule has 0 amide bonds. The minimum atomic E-state index is -1.24. The Bertz CT molecular complexity index is 1940. The van der Waals surface area contributed by atoms with Crippen molar-refractivity contribution in [2.45, 2.75) is 83.8 Å². The summed E-state index contributed by atoms with van der Waals surface area (Å²) in [6.45, 7) is 8.18. The van der Waals surface area contributed by atoms with Crippen LogP contribution < -0.4 is 4.74 Å². The van der Waals surface area contributed by atoms with Crippen LogP contribution in [-0.4, -0.2) is 37.9 Å². The van der Waals surface area contributed by atoms with Crippen LogP contribution in [0.1, 0.15) is 87.3 Å². The molecule has 2 aromatic heterocycles. The Hall–Kier alpha value is -4.49. The maximum Gasteiger partial charge on any atom is 0.337 e. The van der Waals surface area contributed by atoms with Crippen LogP contribution in [0.25, 0.3) is 39.3 Å². The summed E-state index contributed by atoms with van der Waals surface area (Å²) in [5.41, 5.74) is 9.31. The van der Waals surface area contributed by atoms with Crippen LogP contribution in [0.4, 0.5) is 0 Å². The van der Waals surface area contributed by atoms with E-state index in [1.165, 1.54) is 16.7 Å². The van der Waals surface area contributed by atoms with Gasteiger partial charge in [0.1, 0.15) is 5.75 Å². The standard InChI is InChI=1S/C39H41N3O4/c1-24-35(37(38(43)44)46-39(2,3)4)36-29-17-18-33-31(22-29)26(19-20-45-33)12-7-5-6-11-25-13-8-9-16-30(25)27-14-10-15-28(21-27)32-23-34(40-24)42(36)41-32/h8-10,13-18,21-23,26,37H,5-7,11-12,19-20H2,1-4H3,(H,43,44)/t26?,37-/m0/s1.